The predicted octanol–water partition coefficient (Wildman–Crippen LogP) is 3.03. The highest BCUT2D eigenvalue weighted by atomic mass is 16.7. The molecule has 0 unspecified atom stereocenters. The summed E-state index contributed by atoms with van der Waals surface area (Å²) in [4.78, 5) is 11.8. The van der Waals surface area contributed by atoms with E-state index in [1.54, 1.807) is 14.0 Å². The van der Waals surface area contributed by atoms with Crippen LogP contribution in [0.5, 0.6) is 5.75 Å². The van der Waals surface area contributed by atoms with Gasteiger partial charge in [-0.1, -0.05) is 18.2 Å². The van der Waals surface area contributed by atoms with Crippen LogP contribution in [-0.2, 0) is 19.9 Å². The zero-order valence-electron chi connectivity index (χ0n) is 12.4. The van der Waals surface area contributed by atoms with E-state index in [-0.39, 0.29) is 5.97 Å². The minimum absolute atomic E-state index is 0.296. The van der Waals surface area contributed by atoms with Gasteiger partial charge < -0.3 is 14.2 Å². The number of ether oxygens (including phenoxy) is 3. The molecule has 0 saturated carbocycles. The Hall–Kier alpha value is -2.07. The van der Waals surface area contributed by atoms with Gasteiger partial charge >= 0.3 is 5.97 Å². The van der Waals surface area contributed by atoms with Crippen LogP contribution < -0.4 is 4.74 Å². The molecule has 110 valence electrons. The van der Waals surface area contributed by atoms with Gasteiger partial charge in [0.2, 0.25) is 0 Å². The first-order chi connectivity index (χ1) is 10.1. The van der Waals surface area contributed by atoms with E-state index in [0.717, 1.165) is 22.1 Å². The molecule has 1 aliphatic rings. The largest absolute Gasteiger partial charge is 0.497 e. The standard InChI is InChI=1S/C17H18O4/c1-4-20-16(18)15-17(2,21-15)13-7-5-12-10-14(19-3)8-6-11(12)9-13/h5-10,15H,4H2,1-3H3/t15-,17+/m0/s1. The number of esters is 1. The van der Waals surface area contributed by atoms with Gasteiger partial charge in [0, 0.05) is 0 Å². The Morgan fingerprint density at radius 1 is 1.24 bits per heavy atom. The van der Waals surface area contributed by atoms with Crippen LogP contribution in [0.15, 0.2) is 36.4 Å². The monoisotopic (exact) mass is 286 g/mol. The van der Waals surface area contributed by atoms with Crippen molar-refractivity contribution in [1.29, 1.82) is 0 Å². The molecule has 3 rings (SSSR count). The van der Waals surface area contributed by atoms with Gasteiger partial charge in [0.25, 0.3) is 0 Å². The van der Waals surface area contributed by atoms with Gasteiger partial charge in [-0.25, -0.2) is 4.79 Å². The molecule has 0 N–H and O–H groups in total. The predicted molar refractivity (Wildman–Crippen MR) is 79.4 cm³/mol. The third-order valence-electron chi connectivity index (χ3n) is 3.93. The highest BCUT2D eigenvalue weighted by molar-refractivity contribution is 5.86. The fourth-order valence-electron chi connectivity index (χ4n) is 2.58. The summed E-state index contributed by atoms with van der Waals surface area (Å²) in [6, 6.07) is 12.0. The molecule has 0 bridgehead atoms. The van der Waals surface area contributed by atoms with Crippen LogP contribution in [0, 0.1) is 0 Å². The molecule has 21 heavy (non-hydrogen) atoms. The molecule has 1 heterocycles. The fraction of sp³-hybridized carbons (Fsp3) is 0.353. The molecule has 4 heteroatoms. The molecular weight excluding hydrogens is 268 g/mol. The van der Waals surface area contributed by atoms with Gasteiger partial charge in [-0.05, 0) is 48.4 Å². The number of rotatable bonds is 4. The lowest BCUT2D eigenvalue weighted by Gasteiger charge is -2.09. The minimum atomic E-state index is -0.583. The van der Waals surface area contributed by atoms with E-state index in [9.17, 15) is 4.79 Å². The molecule has 2 aromatic carbocycles. The van der Waals surface area contributed by atoms with Crippen molar-refractivity contribution in [2.45, 2.75) is 25.6 Å². The number of hydrogen-bond acceptors (Lipinski definition) is 4. The highest BCUT2D eigenvalue weighted by Crippen LogP contribution is 2.47. The molecule has 0 aromatic heterocycles. The first-order valence-corrected chi connectivity index (χ1v) is 7.01. The Labute approximate surface area is 123 Å². The molecule has 4 nitrogen and oxygen atoms in total. The summed E-state index contributed by atoms with van der Waals surface area (Å²) in [5, 5.41) is 2.18. The molecular formula is C17H18O4. The maximum atomic E-state index is 11.8. The van der Waals surface area contributed by atoms with Gasteiger partial charge in [0.1, 0.15) is 11.4 Å². The van der Waals surface area contributed by atoms with Crippen molar-refractivity contribution in [2.24, 2.45) is 0 Å². The number of benzene rings is 2. The first kappa shape index (κ1) is 13.9. The van der Waals surface area contributed by atoms with Crippen molar-refractivity contribution in [3.05, 3.63) is 42.0 Å². The zero-order valence-corrected chi connectivity index (χ0v) is 12.4. The molecule has 1 aliphatic heterocycles. The summed E-state index contributed by atoms with van der Waals surface area (Å²) in [5.74, 6) is 0.531. The number of hydrogen-bond donors (Lipinski definition) is 0. The second-order valence-corrected chi connectivity index (χ2v) is 5.28. The van der Waals surface area contributed by atoms with Crippen molar-refractivity contribution in [2.75, 3.05) is 13.7 Å². The summed E-state index contributed by atoms with van der Waals surface area (Å²) < 4.78 is 15.8. The first-order valence-electron chi connectivity index (χ1n) is 7.01. The van der Waals surface area contributed by atoms with Gasteiger partial charge in [-0.15, -0.1) is 0 Å². The number of fused-ring (bicyclic) bond motifs is 1. The molecule has 1 fully saturated rings. The average molecular weight is 286 g/mol. The molecule has 0 spiro atoms. The number of epoxide rings is 1. The molecule has 0 amide bonds. The van der Waals surface area contributed by atoms with Crippen LogP contribution in [0.2, 0.25) is 0 Å². The van der Waals surface area contributed by atoms with Crippen molar-refractivity contribution >= 4 is 16.7 Å². The van der Waals surface area contributed by atoms with E-state index >= 15 is 0 Å². The van der Waals surface area contributed by atoms with Crippen LogP contribution in [-0.4, -0.2) is 25.8 Å². The van der Waals surface area contributed by atoms with Crippen LogP contribution in [0.3, 0.4) is 0 Å². The summed E-state index contributed by atoms with van der Waals surface area (Å²) >= 11 is 0. The molecule has 1 saturated heterocycles. The van der Waals surface area contributed by atoms with Crippen LogP contribution in [0.4, 0.5) is 0 Å². The van der Waals surface area contributed by atoms with Crippen molar-refractivity contribution in [3.8, 4) is 5.75 Å². The molecule has 2 atom stereocenters. The average Bonchev–Trinajstić information content (AvgIpc) is 3.20. The van der Waals surface area contributed by atoms with Crippen molar-refractivity contribution < 1.29 is 19.0 Å². The number of carbonyl (C=O) groups excluding carboxylic acids is 1. The summed E-state index contributed by atoms with van der Waals surface area (Å²) in [6.07, 6.45) is -0.506. The topological polar surface area (TPSA) is 48.1 Å². The lowest BCUT2D eigenvalue weighted by molar-refractivity contribution is -0.144. The Morgan fingerprint density at radius 2 is 1.95 bits per heavy atom. The summed E-state index contributed by atoms with van der Waals surface area (Å²) in [6.45, 7) is 4.08. The lowest BCUT2D eigenvalue weighted by atomic mass is 9.95. The van der Waals surface area contributed by atoms with E-state index in [2.05, 4.69) is 0 Å². The van der Waals surface area contributed by atoms with Crippen LogP contribution in [0.25, 0.3) is 10.8 Å². The van der Waals surface area contributed by atoms with Crippen LogP contribution in [0.1, 0.15) is 19.4 Å². The SMILES string of the molecule is CCOC(=O)[C@@H]1O[C@]1(C)c1ccc2cc(OC)ccc2c1. The maximum Gasteiger partial charge on any atom is 0.338 e. The third-order valence-corrected chi connectivity index (χ3v) is 3.93. The van der Waals surface area contributed by atoms with Crippen LogP contribution >= 0.6 is 0 Å². The summed E-state index contributed by atoms with van der Waals surface area (Å²) in [7, 11) is 1.65. The van der Waals surface area contributed by atoms with Gasteiger partial charge in [0.05, 0.1) is 13.7 Å². The summed E-state index contributed by atoms with van der Waals surface area (Å²) in [5.41, 5.74) is 0.401. The number of methoxy groups -OCH3 is 1. The second-order valence-electron chi connectivity index (χ2n) is 5.28. The Morgan fingerprint density at radius 3 is 2.67 bits per heavy atom. The van der Waals surface area contributed by atoms with Crippen molar-refractivity contribution in [1.82, 2.24) is 0 Å². The zero-order chi connectivity index (χ0) is 15.0. The van der Waals surface area contributed by atoms with E-state index in [1.807, 2.05) is 43.3 Å². The maximum absolute atomic E-state index is 11.8. The van der Waals surface area contributed by atoms with E-state index < -0.39 is 11.7 Å². The van der Waals surface area contributed by atoms with E-state index in [0.29, 0.717) is 6.61 Å². The number of carbonyl (C=O) groups is 1. The Balaban J connectivity index is 1.90. The normalized spacial score (nSPS) is 23.9. The van der Waals surface area contributed by atoms with Gasteiger partial charge in [-0.3, -0.25) is 0 Å². The quantitative estimate of drug-likeness (QED) is 0.640. The van der Waals surface area contributed by atoms with Crippen molar-refractivity contribution in [3.63, 3.8) is 0 Å². The van der Waals surface area contributed by atoms with E-state index in [1.165, 1.54) is 0 Å². The fourth-order valence-corrected chi connectivity index (χ4v) is 2.58. The Bertz CT molecular complexity index is 694. The minimum Gasteiger partial charge on any atom is -0.497 e. The van der Waals surface area contributed by atoms with E-state index in [4.69, 9.17) is 14.2 Å². The second kappa shape index (κ2) is 5.04. The molecule has 0 aliphatic carbocycles. The molecule has 0 radical (unpaired) electrons. The smallest absolute Gasteiger partial charge is 0.338 e. The lowest BCUT2D eigenvalue weighted by Crippen LogP contribution is -2.18. The molecule has 2 aromatic rings. The third kappa shape index (κ3) is 2.36. The van der Waals surface area contributed by atoms with Gasteiger partial charge in [-0.2, -0.15) is 0 Å². The van der Waals surface area contributed by atoms with Gasteiger partial charge in [0.15, 0.2) is 6.10 Å². The highest BCUT2D eigenvalue weighted by Gasteiger charge is 2.59. The Kier molecular flexibility index (Phi) is 3.33.